The first kappa shape index (κ1) is 52.2. The van der Waals surface area contributed by atoms with Crippen LogP contribution >= 0.6 is 0 Å². The number of anilines is 1. The topological polar surface area (TPSA) is 252 Å². The molecule has 7 rings (SSSR count). The van der Waals surface area contributed by atoms with Crippen LogP contribution < -0.4 is 15.8 Å². The second-order valence-electron chi connectivity index (χ2n) is 19.0. The number of aryl methyl sites for hydroxylation is 1. The summed E-state index contributed by atoms with van der Waals surface area (Å²) in [6.07, 6.45) is 2.00. The number of nitrogens with one attached hydrogen (secondary N) is 3. The number of rotatable bonds is 17. The van der Waals surface area contributed by atoms with Gasteiger partial charge in [0, 0.05) is 60.9 Å². The minimum absolute atomic E-state index is 0.0499. The molecular weight excluding hydrogens is 921 g/mol. The van der Waals surface area contributed by atoms with Crippen LogP contribution in [-0.2, 0) is 60.4 Å². The zero-order valence-electron chi connectivity index (χ0n) is 41.9. The zero-order chi connectivity index (χ0) is 52.2. The molecule has 2 amide bonds. The number of likely N-dealkylation sites (N-methyl/N-ethyl adjacent to an activating group) is 1. The van der Waals surface area contributed by atoms with E-state index in [0.29, 0.717) is 72.6 Å². The minimum Gasteiger partial charge on any atom is -0.508 e. The van der Waals surface area contributed by atoms with Crippen molar-refractivity contribution in [2.24, 2.45) is 5.92 Å². The van der Waals surface area contributed by atoms with E-state index in [1.54, 1.807) is 66.8 Å². The lowest BCUT2D eigenvalue weighted by Crippen LogP contribution is -2.46. The Balaban J connectivity index is 0.980. The molecule has 0 spiro atoms. The molecule has 4 heterocycles. The molecule has 2 aliphatic rings. The maximum absolute atomic E-state index is 14.3. The molecule has 0 aliphatic carbocycles. The molecule has 2 aromatic heterocycles. The van der Waals surface area contributed by atoms with Gasteiger partial charge in [-0.05, 0) is 118 Å². The highest BCUT2D eigenvalue weighted by molar-refractivity contribution is 6.48. The monoisotopic (exact) mass is 984 g/mol. The van der Waals surface area contributed by atoms with Crippen LogP contribution in [0.15, 0.2) is 65.5 Å². The van der Waals surface area contributed by atoms with E-state index in [0.717, 1.165) is 33.0 Å². The Morgan fingerprint density at radius 2 is 1.68 bits per heavy atom. The quantitative estimate of drug-likeness (QED) is 0.0239. The van der Waals surface area contributed by atoms with Crippen LogP contribution in [-0.4, -0.2) is 104 Å². The van der Waals surface area contributed by atoms with Crippen LogP contribution in [0.2, 0.25) is 0 Å². The number of nitrogens with zero attached hydrogens (tertiary/aromatic N) is 5. The van der Waals surface area contributed by atoms with Gasteiger partial charge in [-0.25, -0.2) is 4.98 Å². The molecule has 72 heavy (non-hydrogen) atoms. The van der Waals surface area contributed by atoms with E-state index in [2.05, 4.69) is 10.2 Å². The molecule has 0 saturated carbocycles. The fraction of sp³-hybridized carbons (Fsp3) is 0.407. The molecule has 0 bridgehead atoms. The Kier molecular flexibility index (Phi) is 15.8. The summed E-state index contributed by atoms with van der Waals surface area (Å²) in [5, 5.41) is 52.7. The predicted octanol–water partition coefficient (Wildman–Crippen LogP) is 6.78. The van der Waals surface area contributed by atoms with Crippen molar-refractivity contribution in [1.82, 2.24) is 24.7 Å². The summed E-state index contributed by atoms with van der Waals surface area (Å²) in [7, 11) is 1.67. The largest absolute Gasteiger partial charge is 0.508 e. The molecule has 1 atom stereocenters. The minimum atomic E-state index is -1.31. The SMILES string of the molecule is CCNC(=O)C(=N)N(C(=N)c1cc(C(C)C)c(O)cc1O)c1ccc(CN2CCC(C(=O)N(C)CCC(=O)OC(C)(CC)c3cc4n(c(=O)c3COC=O)Cc3c-4nc4ccc(O)cc4c3CC)CC2)cc1. The highest BCUT2D eigenvalue weighted by Gasteiger charge is 2.37. The molecule has 2 aliphatic heterocycles. The molecule has 18 heteroatoms. The van der Waals surface area contributed by atoms with Crippen LogP contribution in [0.5, 0.6) is 17.2 Å². The normalized spacial score (nSPS) is 14.3. The van der Waals surface area contributed by atoms with Crippen molar-refractivity contribution < 1.29 is 44.0 Å². The highest BCUT2D eigenvalue weighted by atomic mass is 16.6. The van der Waals surface area contributed by atoms with Gasteiger partial charge >= 0.3 is 5.97 Å². The summed E-state index contributed by atoms with van der Waals surface area (Å²) >= 11 is 0. The summed E-state index contributed by atoms with van der Waals surface area (Å²) in [4.78, 5) is 75.9. The van der Waals surface area contributed by atoms with E-state index >= 15 is 0 Å². The van der Waals surface area contributed by atoms with Crippen molar-refractivity contribution in [2.45, 2.75) is 105 Å². The van der Waals surface area contributed by atoms with Crippen LogP contribution in [0.3, 0.4) is 0 Å². The standard InChI is InChI=1S/C54H64N8O10/c1-8-36-38-23-35(64)15-16-43(38)58-48-40(36)28-61-44(48)25-42(41(53(61)70)29-71-30-63)54(6,9-2)72-47(67)19-20-59(7)52(69)33-17-21-60(22-18-33)27-32-11-13-34(14-12-32)62(50(56)51(68)57-10-3)49(55)39-24-37(31(4)5)45(65)26-46(39)66/h11-16,23-26,30-31,33,55-56,64-66H,8-10,17-22,27-29H2,1-7H3,(H,57,68). The first-order valence-corrected chi connectivity index (χ1v) is 24.4. The summed E-state index contributed by atoms with van der Waals surface area (Å²) in [5.41, 5.74) is 4.33. The average Bonchev–Trinajstić information content (AvgIpc) is 3.73. The molecule has 5 aromatic rings. The number of benzene rings is 3. The molecule has 380 valence electrons. The van der Waals surface area contributed by atoms with Gasteiger partial charge in [-0.3, -0.25) is 44.6 Å². The van der Waals surface area contributed by atoms with Crippen LogP contribution in [0.1, 0.15) is 112 Å². The maximum atomic E-state index is 14.3. The van der Waals surface area contributed by atoms with Crippen molar-refractivity contribution in [1.29, 1.82) is 10.8 Å². The molecule has 1 fully saturated rings. The number of phenols is 3. The van der Waals surface area contributed by atoms with Gasteiger partial charge in [0.15, 0.2) is 5.84 Å². The van der Waals surface area contributed by atoms with Gasteiger partial charge in [-0.2, -0.15) is 0 Å². The summed E-state index contributed by atoms with van der Waals surface area (Å²) < 4.78 is 12.9. The number of fused-ring (bicyclic) bond motifs is 4. The number of carbonyl (C=O) groups is 4. The van der Waals surface area contributed by atoms with Crippen LogP contribution in [0.25, 0.3) is 22.3 Å². The van der Waals surface area contributed by atoms with E-state index in [1.807, 2.05) is 39.8 Å². The summed E-state index contributed by atoms with van der Waals surface area (Å²) in [5.74, 6) is -2.94. The number of esters is 1. The van der Waals surface area contributed by atoms with Crippen molar-refractivity contribution in [2.75, 3.05) is 38.1 Å². The van der Waals surface area contributed by atoms with Crippen molar-refractivity contribution >= 4 is 52.5 Å². The third kappa shape index (κ3) is 10.5. The lowest BCUT2D eigenvalue weighted by Gasteiger charge is -2.34. The Hall–Kier alpha value is -7.60. The lowest BCUT2D eigenvalue weighted by atomic mass is 9.88. The predicted molar refractivity (Wildman–Crippen MR) is 272 cm³/mol. The number of pyridine rings is 2. The molecule has 0 radical (unpaired) electrons. The first-order valence-electron chi connectivity index (χ1n) is 24.4. The van der Waals surface area contributed by atoms with E-state index in [1.165, 1.54) is 6.07 Å². The van der Waals surface area contributed by atoms with E-state index in [-0.39, 0.29) is 97.5 Å². The van der Waals surface area contributed by atoms with E-state index in [4.69, 9.17) is 25.3 Å². The fourth-order valence-electron chi connectivity index (χ4n) is 9.80. The number of likely N-dealkylation sites (tertiary alicyclic amines) is 1. The number of piperidine rings is 1. The second kappa shape index (κ2) is 21.8. The zero-order valence-corrected chi connectivity index (χ0v) is 41.9. The molecular formula is C54H64N8O10. The number of ether oxygens (including phenoxy) is 2. The second-order valence-corrected chi connectivity index (χ2v) is 19.0. The Morgan fingerprint density at radius 1 is 0.972 bits per heavy atom. The smallest absolute Gasteiger partial charge is 0.308 e. The van der Waals surface area contributed by atoms with Gasteiger partial charge in [-0.1, -0.05) is 39.8 Å². The lowest BCUT2D eigenvalue weighted by molar-refractivity contribution is -0.160. The third-order valence-electron chi connectivity index (χ3n) is 14.0. The average molecular weight is 985 g/mol. The highest BCUT2D eigenvalue weighted by Crippen LogP contribution is 2.41. The number of carbonyl (C=O) groups excluding carboxylic acids is 4. The first-order chi connectivity index (χ1) is 34.3. The van der Waals surface area contributed by atoms with Gasteiger partial charge < -0.3 is 39.6 Å². The Labute approximate surface area is 418 Å². The number of hydrogen-bond acceptors (Lipinski definition) is 14. The van der Waals surface area contributed by atoms with Gasteiger partial charge in [0.1, 0.15) is 35.3 Å². The van der Waals surface area contributed by atoms with E-state index in [9.17, 15) is 39.3 Å². The summed E-state index contributed by atoms with van der Waals surface area (Å²) in [6.45, 7) is 13.4. The number of amidine groups is 2. The van der Waals surface area contributed by atoms with Crippen LogP contribution in [0, 0.1) is 16.7 Å². The third-order valence-corrected chi connectivity index (χ3v) is 14.0. The molecule has 3 aromatic carbocycles. The summed E-state index contributed by atoms with van der Waals surface area (Å²) in [6, 6.07) is 16.5. The fourth-order valence-corrected chi connectivity index (χ4v) is 9.80. The Morgan fingerprint density at radius 3 is 2.32 bits per heavy atom. The number of aromatic hydroxyl groups is 3. The number of hydrogen-bond donors (Lipinski definition) is 6. The van der Waals surface area contributed by atoms with Gasteiger partial charge in [0.05, 0.1) is 41.0 Å². The van der Waals surface area contributed by atoms with Crippen molar-refractivity contribution in [3.8, 4) is 28.6 Å². The molecule has 6 N–H and O–H groups in total. The number of aromatic nitrogens is 2. The molecule has 1 saturated heterocycles. The van der Waals surface area contributed by atoms with Crippen molar-refractivity contribution in [3.05, 3.63) is 110 Å². The maximum Gasteiger partial charge on any atom is 0.308 e. The van der Waals surface area contributed by atoms with Crippen LogP contribution in [0.4, 0.5) is 5.69 Å². The van der Waals surface area contributed by atoms with Gasteiger partial charge in [0.25, 0.3) is 17.9 Å². The van der Waals surface area contributed by atoms with Crippen molar-refractivity contribution in [3.63, 3.8) is 0 Å². The number of amides is 2. The number of phenolic OH excluding ortho intramolecular Hbond substituents is 3. The molecule has 18 nitrogen and oxygen atoms in total. The Bertz CT molecular complexity index is 3000. The van der Waals surface area contributed by atoms with E-state index < -0.39 is 28.9 Å². The van der Waals surface area contributed by atoms with Gasteiger partial charge in [0.2, 0.25) is 5.91 Å². The molecule has 1 unspecified atom stereocenters. The van der Waals surface area contributed by atoms with Gasteiger partial charge in [-0.15, -0.1) is 0 Å².